The van der Waals surface area contributed by atoms with Gasteiger partial charge < -0.3 is 5.73 Å². The molecule has 146 valence electrons. The highest BCUT2D eigenvalue weighted by Crippen LogP contribution is 2.34. The second-order valence-electron chi connectivity index (χ2n) is 6.70. The second-order valence-corrected chi connectivity index (χ2v) is 6.70. The standard InChI is InChI=1S/C22H16F3N3O/c23-22(24,25)20-13-19(17-8-7-15-3-1-2-4-16(15)12-17)28(27-20)18-9-5-14(6-10-18)11-21(26)29/h1-10,12-13H,11H2,(H2,26,29). The molecule has 29 heavy (non-hydrogen) atoms. The molecule has 2 N–H and O–H groups in total. The number of nitrogens with zero attached hydrogens (tertiary/aromatic N) is 2. The molecule has 0 fully saturated rings. The summed E-state index contributed by atoms with van der Waals surface area (Å²) in [5.41, 5.74) is 6.29. The number of aromatic nitrogens is 2. The molecule has 0 bridgehead atoms. The van der Waals surface area contributed by atoms with Crippen LogP contribution in [0.5, 0.6) is 0 Å². The first-order chi connectivity index (χ1) is 13.8. The Hall–Kier alpha value is -3.61. The number of carbonyl (C=O) groups is 1. The van der Waals surface area contributed by atoms with Crippen molar-refractivity contribution in [3.8, 4) is 16.9 Å². The summed E-state index contributed by atoms with van der Waals surface area (Å²) in [5, 5.41) is 5.71. The lowest BCUT2D eigenvalue weighted by atomic mass is 10.0. The molecule has 4 rings (SSSR count). The fraction of sp³-hybridized carbons (Fsp3) is 0.0909. The maximum atomic E-state index is 13.3. The highest BCUT2D eigenvalue weighted by atomic mass is 19.4. The van der Waals surface area contributed by atoms with Gasteiger partial charge in [0, 0.05) is 5.56 Å². The van der Waals surface area contributed by atoms with Gasteiger partial charge in [-0.05, 0) is 40.6 Å². The number of primary amides is 1. The van der Waals surface area contributed by atoms with E-state index < -0.39 is 17.8 Å². The highest BCUT2D eigenvalue weighted by molar-refractivity contribution is 5.87. The van der Waals surface area contributed by atoms with E-state index in [4.69, 9.17) is 5.73 Å². The summed E-state index contributed by atoms with van der Waals surface area (Å²) >= 11 is 0. The molecule has 0 atom stereocenters. The molecule has 0 radical (unpaired) electrons. The van der Waals surface area contributed by atoms with Gasteiger partial charge in [-0.1, -0.05) is 48.5 Å². The largest absolute Gasteiger partial charge is 0.435 e. The molecule has 0 spiro atoms. The first-order valence-corrected chi connectivity index (χ1v) is 8.85. The number of halogens is 3. The minimum absolute atomic E-state index is 0.0602. The number of carbonyl (C=O) groups excluding carboxylic acids is 1. The SMILES string of the molecule is NC(=O)Cc1ccc(-n2nc(C(F)(F)F)cc2-c2ccc3ccccc3c2)cc1. The number of amides is 1. The molecule has 4 aromatic rings. The third-order valence-electron chi connectivity index (χ3n) is 4.60. The first-order valence-electron chi connectivity index (χ1n) is 8.85. The Bertz CT molecular complexity index is 1190. The Morgan fingerprint density at radius 1 is 0.931 bits per heavy atom. The lowest BCUT2D eigenvalue weighted by Crippen LogP contribution is -2.13. The molecule has 3 aromatic carbocycles. The zero-order chi connectivity index (χ0) is 20.6. The number of fused-ring (bicyclic) bond motifs is 1. The van der Waals surface area contributed by atoms with Crippen LogP contribution in [0.15, 0.2) is 72.8 Å². The third kappa shape index (κ3) is 3.85. The molecule has 1 aromatic heterocycles. The number of hydrogen-bond acceptors (Lipinski definition) is 2. The topological polar surface area (TPSA) is 60.9 Å². The van der Waals surface area contributed by atoms with Gasteiger partial charge in [0.15, 0.2) is 5.69 Å². The van der Waals surface area contributed by atoms with Crippen LogP contribution < -0.4 is 5.73 Å². The van der Waals surface area contributed by atoms with Crippen LogP contribution in [0.4, 0.5) is 13.2 Å². The number of alkyl halides is 3. The van der Waals surface area contributed by atoms with Crippen molar-refractivity contribution in [2.24, 2.45) is 5.73 Å². The van der Waals surface area contributed by atoms with E-state index in [1.165, 1.54) is 4.68 Å². The third-order valence-corrected chi connectivity index (χ3v) is 4.60. The Labute approximate surface area is 164 Å². The van der Waals surface area contributed by atoms with Crippen LogP contribution in [-0.2, 0) is 17.4 Å². The van der Waals surface area contributed by atoms with E-state index in [0.717, 1.165) is 16.8 Å². The Morgan fingerprint density at radius 3 is 2.28 bits per heavy atom. The average molecular weight is 395 g/mol. The number of benzene rings is 3. The summed E-state index contributed by atoms with van der Waals surface area (Å²) in [6.45, 7) is 0. The van der Waals surface area contributed by atoms with Gasteiger partial charge in [0.25, 0.3) is 0 Å². The maximum absolute atomic E-state index is 13.3. The van der Waals surface area contributed by atoms with Crippen molar-refractivity contribution in [3.63, 3.8) is 0 Å². The molecule has 1 amide bonds. The fourth-order valence-electron chi connectivity index (χ4n) is 3.23. The molecule has 1 heterocycles. The van der Waals surface area contributed by atoms with Crippen molar-refractivity contribution in [3.05, 3.63) is 84.1 Å². The van der Waals surface area contributed by atoms with Crippen molar-refractivity contribution in [1.82, 2.24) is 9.78 Å². The molecule has 0 aliphatic carbocycles. The summed E-state index contributed by atoms with van der Waals surface area (Å²) in [7, 11) is 0. The molecule has 7 heteroatoms. The molecule has 0 aliphatic rings. The highest BCUT2D eigenvalue weighted by Gasteiger charge is 2.35. The molecule has 0 saturated heterocycles. The van der Waals surface area contributed by atoms with E-state index in [2.05, 4.69) is 5.10 Å². The summed E-state index contributed by atoms with van der Waals surface area (Å²) in [6.07, 6.45) is -4.51. The van der Waals surface area contributed by atoms with Crippen LogP contribution in [0.3, 0.4) is 0 Å². The Morgan fingerprint density at radius 2 is 1.62 bits per heavy atom. The maximum Gasteiger partial charge on any atom is 0.435 e. The van der Waals surface area contributed by atoms with Crippen molar-refractivity contribution in [2.75, 3.05) is 0 Å². The van der Waals surface area contributed by atoms with Gasteiger partial charge in [0.1, 0.15) is 0 Å². The molecule has 0 saturated carbocycles. The molecule has 4 nitrogen and oxygen atoms in total. The molecular formula is C22H16F3N3O. The first kappa shape index (κ1) is 18.7. The van der Waals surface area contributed by atoms with Gasteiger partial charge in [0.2, 0.25) is 5.91 Å². The zero-order valence-electron chi connectivity index (χ0n) is 15.1. The number of nitrogens with two attached hydrogens (primary N) is 1. The summed E-state index contributed by atoms with van der Waals surface area (Å²) in [6, 6.07) is 20.7. The predicted molar refractivity (Wildman–Crippen MR) is 104 cm³/mol. The molecule has 0 aliphatic heterocycles. The van der Waals surface area contributed by atoms with Crippen LogP contribution in [0.25, 0.3) is 27.7 Å². The summed E-state index contributed by atoms with van der Waals surface area (Å²) < 4.78 is 41.3. The minimum atomic E-state index is -4.57. The van der Waals surface area contributed by atoms with E-state index in [9.17, 15) is 18.0 Å². The van der Waals surface area contributed by atoms with Crippen molar-refractivity contribution in [2.45, 2.75) is 12.6 Å². The Balaban J connectivity index is 1.84. The van der Waals surface area contributed by atoms with Crippen molar-refractivity contribution < 1.29 is 18.0 Å². The summed E-state index contributed by atoms with van der Waals surface area (Å²) in [5.74, 6) is -0.479. The molecular weight excluding hydrogens is 379 g/mol. The normalized spacial score (nSPS) is 11.7. The van der Waals surface area contributed by atoms with Crippen LogP contribution >= 0.6 is 0 Å². The predicted octanol–water partition coefficient (Wildman–Crippen LogP) is 4.74. The van der Waals surface area contributed by atoms with Crippen LogP contribution in [0, 0.1) is 0 Å². The van der Waals surface area contributed by atoms with Crippen molar-refractivity contribution in [1.29, 1.82) is 0 Å². The van der Waals surface area contributed by atoms with Gasteiger partial charge in [-0.3, -0.25) is 4.79 Å². The van der Waals surface area contributed by atoms with E-state index >= 15 is 0 Å². The molecule has 0 unspecified atom stereocenters. The number of hydrogen-bond donors (Lipinski definition) is 1. The lowest BCUT2D eigenvalue weighted by molar-refractivity contribution is -0.141. The van der Waals surface area contributed by atoms with Gasteiger partial charge in [-0.2, -0.15) is 18.3 Å². The average Bonchev–Trinajstić information content (AvgIpc) is 3.14. The van der Waals surface area contributed by atoms with Crippen LogP contribution in [0.1, 0.15) is 11.3 Å². The van der Waals surface area contributed by atoms with Crippen molar-refractivity contribution >= 4 is 16.7 Å². The van der Waals surface area contributed by atoms with Gasteiger partial charge >= 0.3 is 6.18 Å². The van der Waals surface area contributed by atoms with Crippen LogP contribution in [-0.4, -0.2) is 15.7 Å². The van der Waals surface area contributed by atoms with Crippen LogP contribution in [0.2, 0.25) is 0 Å². The fourth-order valence-corrected chi connectivity index (χ4v) is 3.23. The quantitative estimate of drug-likeness (QED) is 0.543. The monoisotopic (exact) mass is 395 g/mol. The zero-order valence-corrected chi connectivity index (χ0v) is 15.1. The van der Waals surface area contributed by atoms with Gasteiger partial charge in [-0.15, -0.1) is 0 Å². The van der Waals surface area contributed by atoms with Gasteiger partial charge in [0.05, 0.1) is 17.8 Å². The lowest BCUT2D eigenvalue weighted by Gasteiger charge is -2.09. The van der Waals surface area contributed by atoms with E-state index in [0.29, 0.717) is 22.5 Å². The number of rotatable bonds is 4. The van der Waals surface area contributed by atoms with E-state index in [1.54, 1.807) is 30.3 Å². The second kappa shape index (κ2) is 7.09. The van der Waals surface area contributed by atoms with E-state index in [-0.39, 0.29) is 6.42 Å². The summed E-state index contributed by atoms with van der Waals surface area (Å²) in [4.78, 5) is 11.1. The smallest absolute Gasteiger partial charge is 0.369 e. The van der Waals surface area contributed by atoms with Gasteiger partial charge in [-0.25, -0.2) is 4.68 Å². The minimum Gasteiger partial charge on any atom is -0.369 e. The van der Waals surface area contributed by atoms with E-state index in [1.807, 2.05) is 36.4 Å². The Kier molecular flexibility index (Phi) is 4.58.